The SMILES string of the molecule is CC(C)c1cc(-c2cccc3nn(CCCCCCCl)nc23)ccc1O. The fourth-order valence-electron chi connectivity index (χ4n) is 3.20. The van der Waals surface area contributed by atoms with Crippen LogP contribution in [0.2, 0.25) is 0 Å². The van der Waals surface area contributed by atoms with Crippen LogP contribution in [-0.2, 0) is 6.54 Å². The van der Waals surface area contributed by atoms with Gasteiger partial charge in [-0.2, -0.15) is 15.0 Å². The van der Waals surface area contributed by atoms with Gasteiger partial charge in [-0.3, -0.25) is 0 Å². The van der Waals surface area contributed by atoms with E-state index in [1.54, 1.807) is 10.9 Å². The first-order chi connectivity index (χ1) is 12.6. The van der Waals surface area contributed by atoms with Crippen molar-refractivity contribution in [1.82, 2.24) is 15.0 Å². The average molecular weight is 372 g/mol. The highest BCUT2D eigenvalue weighted by molar-refractivity contribution is 6.17. The molecule has 5 heteroatoms. The van der Waals surface area contributed by atoms with E-state index in [1.807, 2.05) is 18.2 Å². The normalized spacial score (nSPS) is 11.5. The Morgan fingerprint density at radius 3 is 2.62 bits per heavy atom. The van der Waals surface area contributed by atoms with E-state index >= 15 is 0 Å². The minimum absolute atomic E-state index is 0.262. The molecule has 0 spiro atoms. The third-order valence-corrected chi connectivity index (χ3v) is 4.92. The number of fused-ring (bicyclic) bond motifs is 1. The quantitative estimate of drug-likeness (QED) is 0.406. The van der Waals surface area contributed by atoms with E-state index in [1.165, 1.54) is 0 Å². The summed E-state index contributed by atoms with van der Waals surface area (Å²) in [6.07, 6.45) is 4.43. The molecule has 1 aromatic heterocycles. The third-order valence-electron chi connectivity index (χ3n) is 4.66. The van der Waals surface area contributed by atoms with Crippen molar-refractivity contribution in [2.45, 2.75) is 52.0 Å². The van der Waals surface area contributed by atoms with Gasteiger partial charge in [0.1, 0.15) is 16.8 Å². The summed E-state index contributed by atoms with van der Waals surface area (Å²) in [6, 6.07) is 11.9. The van der Waals surface area contributed by atoms with Crippen molar-refractivity contribution in [3.63, 3.8) is 0 Å². The van der Waals surface area contributed by atoms with E-state index in [0.717, 1.165) is 65.8 Å². The summed E-state index contributed by atoms with van der Waals surface area (Å²) < 4.78 is 0. The number of phenolic OH excluding ortho intramolecular Hbond substituents is 1. The van der Waals surface area contributed by atoms with Gasteiger partial charge in [0, 0.05) is 11.4 Å². The summed E-state index contributed by atoms with van der Waals surface area (Å²) in [5.74, 6) is 1.34. The van der Waals surface area contributed by atoms with Gasteiger partial charge < -0.3 is 5.11 Å². The zero-order valence-corrected chi connectivity index (χ0v) is 16.2. The van der Waals surface area contributed by atoms with Crippen molar-refractivity contribution in [3.8, 4) is 16.9 Å². The standard InChI is InChI=1S/C21H26ClN3O/c1-15(2)18-14-16(10-11-20(18)26)17-8-7-9-19-21(17)24-25(23-19)13-6-4-3-5-12-22/h7-11,14-15,26H,3-6,12-13H2,1-2H3. The molecule has 26 heavy (non-hydrogen) atoms. The largest absolute Gasteiger partial charge is 0.508 e. The second-order valence-corrected chi connectivity index (χ2v) is 7.38. The summed E-state index contributed by atoms with van der Waals surface area (Å²) in [5, 5.41) is 19.4. The smallest absolute Gasteiger partial charge is 0.121 e. The third kappa shape index (κ3) is 4.18. The first-order valence-corrected chi connectivity index (χ1v) is 9.86. The van der Waals surface area contributed by atoms with Crippen LogP contribution in [0.5, 0.6) is 5.75 Å². The number of nitrogens with zero attached hydrogens (tertiary/aromatic N) is 3. The molecule has 0 radical (unpaired) electrons. The Morgan fingerprint density at radius 2 is 1.85 bits per heavy atom. The Balaban J connectivity index is 1.87. The number of hydrogen-bond acceptors (Lipinski definition) is 3. The first kappa shape index (κ1) is 18.7. The molecule has 138 valence electrons. The van der Waals surface area contributed by atoms with Crippen LogP contribution in [0.3, 0.4) is 0 Å². The van der Waals surface area contributed by atoms with E-state index < -0.39 is 0 Å². The average Bonchev–Trinajstić information content (AvgIpc) is 3.04. The van der Waals surface area contributed by atoms with Crippen LogP contribution in [0.25, 0.3) is 22.2 Å². The molecule has 0 fully saturated rings. The van der Waals surface area contributed by atoms with Crippen LogP contribution in [0.15, 0.2) is 36.4 Å². The molecule has 0 amide bonds. The van der Waals surface area contributed by atoms with Gasteiger partial charge in [0.15, 0.2) is 0 Å². The van der Waals surface area contributed by atoms with Crippen LogP contribution >= 0.6 is 11.6 Å². The lowest BCUT2D eigenvalue weighted by molar-refractivity contribution is 0.465. The van der Waals surface area contributed by atoms with Gasteiger partial charge >= 0.3 is 0 Å². The first-order valence-electron chi connectivity index (χ1n) is 9.33. The van der Waals surface area contributed by atoms with Crippen LogP contribution in [-0.4, -0.2) is 26.0 Å². The highest BCUT2D eigenvalue weighted by Gasteiger charge is 2.12. The Hall–Kier alpha value is -2.07. The maximum absolute atomic E-state index is 10.1. The molecule has 0 aliphatic rings. The predicted molar refractivity (Wildman–Crippen MR) is 108 cm³/mol. The molecule has 0 aliphatic heterocycles. The molecule has 1 heterocycles. The minimum Gasteiger partial charge on any atom is -0.508 e. The maximum Gasteiger partial charge on any atom is 0.121 e. The number of aromatic nitrogens is 3. The van der Waals surface area contributed by atoms with Crippen molar-refractivity contribution in [1.29, 1.82) is 0 Å². The van der Waals surface area contributed by atoms with Crippen molar-refractivity contribution < 1.29 is 5.11 Å². The summed E-state index contributed by atoms with van der Waals surface area (Å²) in [7, 11) is 0. The van der Waals surface area contributed by atoms with Gasteiger partial charge in [-0.15, -0.1) is 11.6 Å². The summed E-state index contributed by atoms with van der Waals surface area (Å²) in [4.78, 5) is 1.80. The van der Waals surface area contributed by atoms with Crippen LogP contribution in [0.1, 0.15) is 51.0 Å². The molecule has 1 N–H and O–H groups in total. The Morgan fingerprint density at radius 1 is 1.04 bits per heavy atom. The Labute approximate surface area is 159 Å². The van der Waals surface area contributed by atoms with Gasteiger partial charge in [-0.05, 0) is 48.1 Å². The van der Waals surface area contributed by atoms with Crippen molar-refractivity contribution >= 4 is 22.6 Å². The van der Waals surface area contributed by atoms with E-state index in [0.29, 0.717) is 5.75 Å². The molecule has 0 saturated carbocycles. The molecule has 0 bridgehead atoms. The Kier molecular flexibility index (Phi) is 6.15. The zero-order valence-electron chi connectivity index (χ0n) is 15.5. The molecule has 0 aliphatic carbocycles. The second-order valence-electron chi connectivity index (χ2n) is 7.00. The van der Waals surface area contributed by atoms with Gasteiger partial charge in [-0.25, -0.2) is 0 Å². The topological polar surface area (TPSA) is 50.9 Å². The molecule has 4 nitrogen and oxygen atoms in total. The van der Waals surface area contributed by atoms with Crippen molar-refractivity contribution in [2.75, 3.05) is 5.88 Å². The number of aryl methyl sites for hydroxylation is 1. The lowest BCUT2D eigenvalue weighted by Crippen LogP contribution is -2.02. The van der Waals surface area contributed by atoms with E-state index in [4.69, 9.17) is 16.7 Å². The number of alkyl halides is 1. The molecular formula is C21H26ClN3O. The molecule has 0 unspecified atom stereocenters. The number of aromatic hydroxyl groups is 1. The minimum atomic E-state index is 0.262. The van der Waals surface area contributed by atoms with Crippen molar-refractivity contribution in [3.05, 3.63) is 42.0 Å². The highest BCUT2D eigenvalue weighted by atomic mass is 35.5. The number of phenols is 1. The van der Waals surface area contributed by atoms with Gasteiger partial charge in [0.2, 0.25) is 0 Å². The van der Waals surface area contributed by atoms with Crippen molar-refractivity contribution in [2.24, 2.45) is 0 Å². The van der Waals surface area contributed by atoms with Gasteiger partial charge in [0.25, 0.3) is 0 Å². The van der Waals surface area contributed by atoms with Crippen LogP contribution in [0.4, 0.5) is 0 Å². The molecule has 2 aromatic carbocycles. The number of unbranched alkanes of at least 4 members (excludes halogenated alkanes) is 3. The van der Waals surface area contributed by atoms with E-state index in [2.05, 4.69) is 31.1 Å². The van der Waals surface area contributed by atoms with Gasteiger partial charge in [0.05, 0.1) is 6.54 Å². The lowest BCUT2D eigenvalue weighted by Gasteiger charge is -2.11. The molecule has 3 aromatic rings. The summed E-state index contributed by atoms with van der Waals surface area (Å²) in [6.45, 7) is 4.99. The van der Waals surface area contributed by atoms with Gasteiger partial charge in [-0.1, -0.05) is 44.9 Å². The highest BCUT2D eigenvalue weighted by Crippen LogP contribution is 2.33. The van der Waals surface area contributed by atoms with Crippen LogP contribution in [0, 0.1) is 0 Å². The second kappa shape index (κ2) is 8.54. The maximum atomic E-state index is 10.1. The summed E-state index contributed by atoms with van der Waals surface area (Å²) >= 11 is 5.72. The number of benzene rings is 2. The predicted octanol–water partition coefficient (Wildman–Crippen LogP) is 5.73. The lowest BCUT2D eigenvalue weighted by atomic mass is 9.96. The van der Waals surface area contributed by atoms with Crippen LogP contribution < -0.4 is 0 Å². The molecule has 0 saturated heterocycles. The summed E-state index contributed by atoms with van der Waals surface area (Å²) in [5.41, 5.74) is 4.88. The molecular weight excluding hydrogens is 346 g/mol. The zero-order chi connectivity index (χ0) is 18.5. The fraction of sp³-hybridized carbons (Fsp3) is 0.429. The fourth-order valence-corrected chi connectivity index (χ4v) is 3.39. The van der Waals surface area contributed by atoms with E-state index in [9.17, 15) is 5.11 Å². The molecule has 0 atom stereocenters. The van der Waals surface area contributed by atoms with E-state index in [-0.39, 0.29) is 5.92 Å². The number of halogens is 1. The number of hydrogen-bond donors (Lipinski definition) is 1. The monoisotopic (exact) mass is 371 g/mol. The number of rotatable bonds is 8. The molecule has 3 rings (SSSR count). The Bertz CT molecular complexity index is 873.